The van der Waals surface area contributed by atoms with Crippen LogP contribution in [0.4, 0.5) is 0 Å². The Balaban J connectivity index is 1.76. The highest BCUT2D eigenvalue weighted by Crippen LogP contribution is 2.19. The fourth-order valence-corrected chi connectivity index (χ4v) is 1.83. The van der Waals surface area contributed by atoms with Crippen LogP contribution >= 0.6 is 0 Å². The second-order valence-electron chi connectivity index (χ2n) is 4.18. The molecule has 0 aromatic carbocycles. The summed E-state index contributed by atoms with van der Waals surface area (Å²) in [5, 5.41) is 5.73. The first-order chi connectivity index (χ1) is 6.75. The maximum Gasteiger partial charge on any atom is 0.225 e. The Bertz CT molecular complexity index is 239. The first kappa shape index (κ1) is 9.49. The second-order valence-corrected chi connectivity index (χ2v) is 4.18. The summed E-state index contributed by atoms with van der Waals surface area (Å²) in [5.74, 6) is 0.181. The maximum absolute atomic E-state index is 11.6. The van der Waals surface area contributed by atoms with Crippen molar-refractivity contribution in [2.24, 2.45) is 5.92 Å². The minimum Gasteiger partial charge on any atom is -0.355 e. The van der Waals surface area contributed by atoms with Gasteiger partial charge in [-0.1, -0.05) is 0 Å². The minimum atomic E-state index is -0.00620. The van der Waals surface area contributed by atoms with Crippen molar-refractivity contribution in [2.45, 2.75) is 38.1 Å². The molecule has 1 saturated heterocycles. The Morgan fingerprint density at radius 2 is 2.14 bits per heavy atom. The van der Waals surface area contributed by atoms with Crippen molar-refractivity contribution in [3.63, 3.8) is 0 Å². The summed E-state index contributed by atoms with van der Waals surface area (Å²) in [5.41, 5.74) is 0. The van der Waals surface area contributed by atoms with Gasteiger partial charge >= 0.3 is 0 Å². The Labute approximate surface area is 83.4 Å². The number of carbonyl (C=O) groups is 2. The summed E-state index contributed by atoms with van der Waals surface area (Å²) in [7, 11) is 0. The minimum absolute atomic E-state index is 0.00620. The van der Waals surface area contributed by atoms with E-state index < -0.39 is 0 Å². The standard InChI is InChI=1S/C10H16N2O2/c13-9-5-4-7(6-11-9)10(14)12-8-2-1-3-8/h7-8H,1-6H2,(H,11,13)(H,12,14). The van der Waals surface area contributed by atoms with Crippen molar-refractivity contribution in [3.8, 4) is 0 Å². The zero-order chi connectivity index (χ0) is 9.97. The van der Waals surface area contributed by atoms with Crippen LogP contribution in [0.25, 0.3) is 0 Å². The van der Waals surface area contributed by atoms with Crippen LogP contribution in [0.5, 0.6) is 0 Å². The van der Waals surface area contributed by atoms with E-state index in [1.54, 1.807) is 0 Å². The molecule has 1 unspecified atom stereocenters. The lowest BCUT2D eigenvalue weighted by atomic mass is 9.91. The van der Waals surface area contributed by atoms with Crippen molar-refractivity contribution in [3.05, 3.63) is 0 Å². The van der Waals surface area contributed by atoms with E-state index in [2.05, 4.69) is 10.6 Å². The molecule has 2 N–H and O–H groups in total. The molecule has 0 radical (unpaired) electrons. The van der Waals surface area contributed by atoms with Crippen LogP contribution in [0.1, 0.15) is 32.1 Å². The predicted octanol–water partition coefficient (Wildman–Crippen LogP) is 0.181. The molecule has 0 spiro atoms. The van der Waals surface area contributed by atoms with Crippen molar-refractivity contribution in [2.75, 3.05) is 6.54 Å². The van der Waals surface area contributed by atoms with Gasteiger partial charge in [0.25, 0.3) is 0 Å². The number of hydrogen-bond donors (Lipinski definition) is 2. The molecular weight excluding hydrogens is 180 g/mol. The lowest BCUT2D eigenvalue weighted by Crippen LogP contribution is -2.47. The number of carbonyl (C=O) groups excluding carboxylic acids is 2. The van der Waals surface area contributed by atoms with E-state index in [1.165, 1.54) is 6.42 Å². The smallest absolute Gasteiger partial charge is 0.225 e. The van der Waals surface area contributed by atoms with E-state index in [0.29, 0.717) is 25.4 Å². The summed E-state index contributed by atoms with van der Waals surface area (Å²) in [6.45, 7) is 0.511. The normalized spacial score (nSPS) is 27.7. The van der Waals surface area contributed by atoms with E-state index >= 15 is 0 Å². The average Bonchev–Trinajstić information content (AvgIpc) is 2.12. The Hall–Kier alpha value is -1.06. The van der Waals surface area contributed by atoms with E-state index in [4.69, 9.17) is 0 Å². The van der Waals surface area contributed by atoms with Gasteiger partial charge in [0.15, 0.2) is 0 Å². The molecule has 1 aliphatic carbocycles. The number of rotatable bonds is 2. The van der Waals surface area contributed by atoms with Gasteiger partial charge in [-0.15, -0.1) is 0 Å². The molecule has 0 bridgehead atoms. The second kappa shape index (κ2) is 3.98. The third-order valence-electron chi connectivity index (χ3n) is 3.09. The van der Waals surface area contributed by atoms with Crippen LogP contribution in [0, 0.1) is 5.92 Å². The van der Waals surface area contributed by atoms with E-state index in [-0.39, 0.29) is 17.7 Å². The van der Waals surface area contributed by atoms with Gasteiger partial charge < -0.3 is 10.6 Å². The highest BCUT2D eigenvalue weighted by Gasteiger charge is 2.27. The van der Waals surface area contributed by atoms with Gasteiger partial charge in [0.05, 0.1) is 5.92 Å². The van der Waals surface area contributed by atoms with Crippen molar-refractivity contribution in [1.82, 2.24) is 10.6 Å². The van der Waals surface area contributed by atoms with Crippen LogP contribution in [-0.4, -0.2) is 24.4 Å². The molecule has 0 aromatic rings. The fourth-order valence-electron chi connectivity index (χ4n) is 1.83. The van der Waals surface area contributed by atoms with Gasteiger partial charge in [-0.05, 0) is 25.7 Å². The number of hydrogen-bond acceptors (Lipinski definition) is 2. The quantitative estimate of drug-likeness (QED) is 0.662. The number of piperidine rings is 1. The highest BCUT2D eigenvalue weighted by atomic mass is 16.2. The summed E-state index contributed by atoms with van der Waals surface area (Å²) >= 11 is 0. The molecule has 2 fully saturated rings. The van der Waals surface area contributed by atoms with Crippen molar-refractivity contribution >= 4 is 11.8 Å². The third-order valence-corrected chi connectivity index (χ3v) is 3.09. The summed E-state index contributed by atoms with van der Waals surface area (Å²) < 4.78 is 0. The van der Waals surface area contributed by atoms with Crippen molar-refractivity contribution in [1.29, 1.82) is 0 Å². The zero-order valence-electron chi connectivity index (χ0n) is 8.21. The largest absolute Gasteiger partial charge is 0.355 e. The molecular formula is C10H16N2O2. The van der Waals surface area contributed by atoms with Gasteiger partial charge in [0.1, 0.15) is 0 Å². The number of nitrogens with one attached hydrogen (secondary N) is 2. The molecule has 1 saturated carbocycles. The zero-order valence-corrected chi connectivity index (χ0v) is 8.21. The molecule has 4 heteroatoms. The summed E-state index contributed by atoms with van der Waals surface area (Å²) in [6.07, 6.45) is 4.65. The molecule has 14 heavy (non-hydrogen) atoms. The van der Waals surface area contributed by atoms with Crippen LogP contribution in [0.15, 0.2) is 0 Å². The first-order valence-electron chi connectivity index (χ1n) is 5.33. The third kappa shape index (κ3) is 2.05. The Morgan fingerprint density at radius 1 is 1.36 bits per heavy atom. The molecule has 2 aliphatic rings. The van der Waals surface area contributed by atoms with Crippen LogP contribution in [0.3, 0.4) is 0 Å². The molecule has 1 aliphatic heterocycles. The molecule has 2 rings (SSSR count). The summed E-state index contributed by atoms with van der Waals surface area (Å²) in [4.78, 5) is 22.5. The van der Waals surface area contributed by atoms with Crippen molar-refractivity contribution < 1.29 is 9.59 Å². The summed E-state index contributed by atoms with van der Waals surface area (Å²) in [6, 6.07) is 0.403. The lowest BCUT2D eigenvalue weighted by Gasteiger charge is -2.29. The Kier molecular flexibility index (Phi) is 2.70. The molecule has 1 heterocycles. The lowest BCUT2D eigenvalue weighted by molar-refractivity contribution is -0.129. The van der Waals surface area contributed by atoms with Crippen LogP contribution < -0.4 is 10.6 Å². The molecule has 1 atom stereocenters. The first-order valence-corrected chi connectivity index (χ1v) is 5.33. The Morgan fingerprint density at radius 3 is 2.64 bits per heavy atom. The maximum atomic E-state index is 11.6. The fraction of sp³-hybridized carbons (Fsp3) is 0.800. The van der Waals surface area contributed by atoms with E-state index in [9.17, 15) is 9.59 Å². The molecule has 78 valence electrons. The van der Waals surface area contributed by atoms with E-state index in [1.807, 2.05) is 0 Å². The molecule has 0 aromatic heterocycles. The van der Waals surface area contributed by atoms with Gasteiger partial charge in [-0.25, -0.2) is 0 Å². The molecule has 2 amide bonds. The van der Waals surface area contributed by atoms with E-state index in [0.717, 1.165) is 12.8 Å². The van der Waals surface area contributed by atoms with Crippen LogP contribution in [-0.2, 0) is 9.59 Å². The highest BCUT2D eigenvalue weighted by molar-refractivity contribution is 5.83. The van der Waals surface area contributed by atoms with Gasteiger partial charge in [-0.2, -0.15) is 0 Å². The van der Waals surface area contributed by atoms with Gasteiger partial charge in [0, 0.05) is 19.0 Å². The number of amides is 2. The monoisotopic (exact) mass is 196 g/mol. The average molecular weight is 196 g/mol. The molecule has 4 nitrogen and oxygen atoms in total. The topological polar surface area (TPSA) is 58.2 Å². The van der Waals surface area contributed by atoms with Crippen LogP contribution in [0.2, 0.25) is 0 Å². The SMILES string of the molecule is O=C1CCC(C(=O)NC2CCC2)CN1. The van der Waals surface area contributed by atoms with Gasteiger partial charge in [0.2, 0.25) is 11.8 Å². The predicted molar refractivity (Wildman–Crippen MR) is 51.5 cm³/mol. The van der Waals surface area contributed by atoms with Gasteiger partial charge in [-0.3, -0.25) is 9.59 Å².